The second kappa shape index (κ2) is 6.14. The quantitative estimate of drug-likeness (QED) is 0.791. The Balaban J connectivity index is 1.71. The molecule has 1 aliphatic carbocycles. The Kier molecular flexibility index (Phi) is 4.50. The molecule has 0 N–H and O–H groups in total. The molecule has 3 nitrogen and oxygen atoms in total. The van der Waals surface area contributed by atoms with Crippen molar-refractivity contribution in [2.24, 2.45) is 5.92 Å². The zero-order chi connectivity index (χ0) is 16.7. The largest absolute Gasteiger partial charge is 0.494 e. The first kappa shape index (κ1) is 16.8. The van der Waals surface area contributed by atoms with Crippen molar-refractivity contribution in [2.45, 2.75) is 77.6 Å². The van der Waals surface area contributed by atoms with E-state index >= 15 is 0 Å². The maximum atomic E-state index is 6.22. The molecular weight excluding hydrogens is 287 g/mol. The average Bonchev–Trinajstić information content (AvgIpc) is 2.68. The maximum Gasteiger partial charge on any atom is 0.494 e. The van der Waals surface area contributed by atoms with Gasteiger partial charge in [0, 0.05) is 0 Å². The van der Waals surface area contributed by atoms with Gasteiger partial charge in [-0.15, -0.1) is 0 Å². The molecular formula is C19H29BO3. The Morgan fingerprint density at radius 3 is 2.43 bits per heavy atom. The lowest BCUT2D eigenvalue weighted by Gasteiger charge is -2.32. The number of ether oxygens (including phenoxy) is 1. The lowest BCUT2D eigenvalue weighted by atomic mass is 9.79. The lowest BCUT2D eigenvalue weighted by molar-refractivity contribution is 0.00578. The third-order valence-corrected chi connectivity index (χ3v) is 5.57. The van der Waals surface area contributed by atoms with E-state index in [-0.39, 0.29) is 18.3 Å². The van der Waals surface area contributed by atoms with Gasteiger partial charge >= 0.3 is 7.12 Å². The molecule has 0 aromatic heterocycles. The summed E-state index contributed by atoms with van der Waals surface area (Å²) in [4.78, 5) is 0. The van der Waals surface area contributed by atoms with Gasteiger partial charge in [0.25, 0.3) is 0 Å². The third-order valence-electron chi connectivity index (χ3n) is 5.57. The fraction of sp³-hybridized carbons (Fsp3) is 0.684. The minimum Gasteiger partial charge on any atom is -0.490 e. The predicted octanol–water partition coefficient (Wildman–Crippen LogP) is 3.94. The number of rotatable bonds is 3. The van der Waals surface area contributed by atoms with Crippen LogP contribution in [0.1, 0.15) is 60.3 Å². The molecule has 23 heavy (non-hydrogen) atoms. The van der Waals surface area contributed by atoms with E-state index in [0.717, 1.165) is 30.0 Å². The van der Waals surface area contributed by atoms with Crippen molar-refractivity contribution >= 4 is 12.6 Å². The van der Waals surface area contributed by atoms with Gasteiger partial charge in [-0.2, -0.15) is 0 Å². The Morgan fingerprint density at radius 1 is 1.09 bits per heavy atom. The zero-order valence-electron chi connectivity index (χ0n) is 15.1. The molecule has 1 heterocycles. The topological polar surface area (TPSA) is 27.7 Å². The van der Waals surface area contributed by atoms with Crippen molar-refractivity contribution in [3.63, 3.8) is 0 Å². The molecule has 0 amide bonds. The van der Waals surface area contributed by atoms with E-state index in [1.165, 1.54) is 12.8 Å². The summed E-state index contributed by atoms with van der Waals surface area (Å²) in [6.07, 6.45) is 5.25. The van der Waals surface area contributed by atoms with Gasteiger partial charge in [-0.3, -0.25) is 0 Å². The molecule has 126 valence electrons. The fourth-order valence-electron chi connectivity index (χ4n) is 3.39. The SMILES string of the molecule is CC1CCCC(Oc2cccc(B3OC(C)(C)C(C)(C)O3)c2)C1. The van der Waals surface area contributed by atoms with Crippen LogP contribution in [0, 0.1) is 5.92 Å². The molecule has 2 unspecified atom stereocenters. The minimum absolute atomic E-state index is 0.312. The Hall–Kier alpha value is -0.995. The van der Waals surface area contributed by atoms with Crippen molar-refractivity contribution in [3.05, 3.63) is 24.3 Å². The van der Waals surface area contributed by atoms with Crippen LogP contribution in [-0.4, -0.2) is 24.4 Å². The number of hydrogen-bond donors (Lipinski definition) is 0. The molecule has 1 aromatic carbocycles. The monoisotopic (exact) mass is 316 g/mol. The van der Waals surface area contributed by atoms with Crippen molar-refractivity contribution in [3.8, 4) is 5.75 Å². The highest BCUT2D eigenvalue weighted by atomic mass is 16.7. The lowest BCUT2D eigenvalue weighted by Crippen LogP contribution is -2.41. The first-order valence-corrected chi connectivity index (χ1v) is 8.89. The normalized spacial score (nSPS) is 29.5. The summed E-state index contributed by atoms with van der Waals surface area (Å²) in [5.41, 5.74) is 0.408. The van der Waals surface area contributed by atoms with Crippen molar-refractivity contribution < 1.29 is 14.0 Å². The van der Waals surface area contributed by atoms with Crippen LogP contribution in [0.25, 0.3) is 0 Å². The van der Waals surface area contributed by atoms with Gasteiger partial charge in [0.05, 0.1) is 17.3 Å². The van der Waals surface area contributed by atoms with Crippen molar-refractivity contribution in [1.29, 1.82) is 0 Å². The van der Waals surface area contributed by atoms with Crippen molar-refractivity contribution in [1.82, 2.24) is 0 Å². The summed E-state index contributed by atoms with van der Waals surface area (Å²) in [7, 11) is -0.325. The molecule has 0 spiro atoms. The second-order valence-electron chi connectivity index (χ2n) is 8.17. The molecule has 4 heteroatoms. The van der Waals surface area contributed by atoms with Crippen LogP contribution in [0.2, 0.25) is 0 Å². The van der Waals surface area contributed by atoms with E-state index in [9.17, 15) is 0 Å². The van der Waals surface area contributed by atoms with Crippen LogP contribution in [0.5, 0.6) is 5.75 Å². The van der Waals surface area contributed by atoms with E-state index in [4.69, 9.17) is 14.0 Å². The van der Waals surface area contributed by atoms with E-state index in [2.05, 4.69) is 46.8 Å². The van der Waals surface area contributed by atoms with Gasteiger partial charge in [0.1, 0.15) is 5.75 Å². The Bertz CT molecular complexity index is 539. The number of hydrogen-bond acceptors (Lipinski definition) is 3. The molecule has 0 bridgehead atoms. The van der Waals surface area contributed by atoms with Gasteiger partial charge in [-0.05, 0) is 70.5 Å². The Labute approximate surface area is 140 Å². The van der Waals surface area contributed by atoms with Gasteiger partial charge in [-0.25, -0.2) is 0 Å². The van der Waals surface area contributed by atoms with Crippen LogP contribution in [-0.2, 0) is 9.31 Å². The number of benzene rings is 1. The smallest absolute Gasteiger partial charge is 0.490 e. The molecule has 2 atom stereocenters. The van der Waals surface area contributed by atoms with E-state index in [1.807, 2.05) is 12.1 Å². The highest BCUT2D eigenvalue weighted by molar-refractivity contribution is 6.62. The van der Waals surface area contributed by atoms with Crippen LogP contribution < -0.4 is 10.2 Å². The summed E-state index contributed by atoms with van der Waals surface area (Å²) in [6.45, 7) is 10.6. The zero-order valence-corrected chi connectivity index (χ0v) is 15.1. The molecule has 2 fully saturated rings. The fourth-order valence-corrected chi connectivity index (χ4v) is 3.39. The molecule has 1 saturated heterocycles. The summed E-state index contributed by atoms with van der Waals surface area (Å²) >= 11 is 0. The minimum atomic E-state index is -0.325. The maximum absolute atomic E-state index is 6.22. The van der Waals surface area contributed by atoms with Crippen LogP contribution >= 0.6 is 0 Å². The highest BCUT2D eigenvalue weighted by Gasteiger charge is 2.51. The van der Waals surface area contributed by atoms with E-state index in [0.29, 0.717) is 6.10 Å². The summed E-state index contributed by atoms with van der Waals surface area (Å²) < 4.78 is 18.5. The van der Waals surface area contributed by atoms with Crippen molar-refractivity contribution in [2.75, 3.05) is 0 Å². The first-order chi connectivity index (χ1) is 10.8. The van der Waals surface area contributed by atoms with Crippen LogP contribution in [0.4, 0.5) is 0 Å². The molecule has 1 aromatic rings. The predicted molar refractivity (Wildman–Crippen MR) is 94.2 cm³/mol. The standard InChI is InChI=1S/C19H29BO3/c1-14-8-6-10-16(12-14)21-17-11-7-9-15(13-17)20-22-18(2,3)19(4,5)23-20/h7,9,11,13-14,16H,6,8,10,12H2,1-5H3. The summed E-state index contributed by atoms with van der Waals surface area (Å²) in [5.74, 6) is 1.69. The summed E-state index contributed by atoms with van der Waals surface area (Å²) in [5, 5.41) is 0. The van der Waals surface area contributed by atoms with E-state index < -0.39 is 0 Å². The first-order valence-electron chi connectivity index (χ1n) is 8.89. The third kappa shape index (κ3) is 3.58. The molecule has 1 saturated carbocycles. The molecule has 3 rings (SSSR count). The van der Waals surface area contributed by atoms with Gasteiger partial charge < -0.3 is 14.0 Å². The average molecular weight is 316 g/mol. The van der Waals surface area contributed by atoms with Gasteiger partial charge in [0.2, 0.25) is 0 Å². The summed E-state index contributed by atoms with van der Waals surface area (Å²) in [6, 6.07) is 8.19. The van der Waals surface area contributed by atoms with Crippen LogP contribution in [0.3, 0.4) is 0 Å². The molecule has 1 aliphatic heterocycles. The van der Waals surface area contributed by atoms with E-state index in [1.54, 1.807) is 0 Å². The Morgan fingerprint density at radius 2 is 1.78 bits per heavy atom. The molecule has 0 radical (unpaired) electrons. The second-order valence-corrected chi connectivity index (χ2v) is 8.17. The van der Waals surface area contributed by atoms with Crippen LogP contribution in [0.15, 0.2) is 24.3 Å². The highest BCUT2D eigenvalue weighted by Crippen LogP contribution is 2.36. The van der Waals surface area contributed by atoms with Gasteiger partial charge in [0.15, 0.2) is 0 Å². The molecule has 2 aliphatic rings. The van der Waals surface area contributed by atoms with Gasteiger partial charge in [-0.1, -0.05) is 25.5 Å².